The van der Waals surface area contributed by atoms with E-state index in [0.717, 1.165) is 22.0 Å². The Kier molecular flexibility index (Phi) is 2.70. The minimum absolute atomic E-state index is 0.00944. The number of nitrogens with zero attached hydrogens (tertiary/aromatic N) is 1. The zero-order valence-corrected chi connectivity index (χ0v) is 9.29. The molecule has 0 bridgehead atoms. The predicted octanol–water partition coefficient (Wildman–Crippen LogP) is 2.41. The Morgan fingerprint density at radius 3 is 2.80 bits per heavy atom. The van der Waals surface area contributed by atoms with Gasteiger partial charge in [0, 0.05) is 16.6 Å². The molecule has 0 amide bonds. The fraction of sp³-hybridized carbons (Fsp3) is 0.182. The number of benzene rings is 1. The van der Waals surface area contributed by atoms with Crippen LogP contribution in [0.15, 0.2) is 29.6 Å². The molecule has 2 rings (SSSR count). The van der Waals surface area contributed by atoms with Crippen LogP contribution in [0, 0.1) is 0 Å². The van der Waals surface area contributed by atoms with Crippen LogP contribution < -0.4 is 11.5 Å². The van der Waals surface area contributed by atoms with Gasteiger partial charge in [0.2, 0.25) is 0 Å². The SMILES string of the molecule is CC(N)c1nc(-c2cccc(N)c2)cs1. The quantitative estimate of drug-likeness (QED) is 0.762. The van der Waals surface area contributed by atoms with Crippen molar-refractivity contribution in [1.29, 1.82) is 0 Å². The van der Waals surface area contributed by atoms with Crippen LogP contribution in [-0.2, 0) is 0 Å². The molecule has 0 saturated heterocycles. The van der Waals surface area contributed by atoms with Crippen molar-refractivity contribution in [2.45, 2.75) is 13.0 Å². The van der Waals surface area contributed by atoms with Crippen molar-refractivity contribution in [1.82, 2.24) is 4.98 Å². The van der Waals surface area contributed by atoms with Crippen LogP contribution in [0.1, 0.15) is 18.0 Å². The van der Waals surface area contributed by atoms with Crippen LogP contribution in [0.2, 0.25) is 0 Å². The number of hydrogen-bond donors (Lipinski definition) is 2. The molecule has 3 nitrogen and oxygen atoms in total. The molecule has 1 heterocycles. The predicted molar refractivity (Wildman–Crippen MR) is 64.6 cm³/mol. The van der Waals surface area contributed by atoms with Crippen molar-refractivity contribution in [3.63, 3.8) is 0 Å². The summed E-state index contributed by atoms with van der Waals surface area (Å²) in [6.45, 7) is 1.93. The Hall–Kier alpha value is -1.39. The van der Waals surface area contributed by atoms with Gasteiger partial charge in [-0.2, -0.15) is 0 Å². The van der Waals surface area contributed by atoms with Crippen molar-refractivity contribution in [2.75, 3.05) is 5.73 Å². The van der Waals surface area contributed by atoms with Gasteiger partial charge < -0.3 is 11.5 Å². The summed E-state index contributed by atoms with van der Waals surface area (Å²) in [7, 11) is 0. The second kappa shape index (κ2) is 4.00. The molecule has 0 saturated carbocycles. The van der Waals surface area contributed by atoms with Gasteiger partial charge in [0.15, 0.2) is 0 Å². The molecule has 2 aromatic rings. The highest BCUT2D eigenvalue weighted by Gasteiger charge is 2.07. The van der Waals surface area contributed by atoms with Gasteiger partial charge in [-0.05, 0) is 19.1 Å². The minimum Gasteiger partial charge on any atom is -0.399 e. The van der Waals surface area contributed by atoms with Gasteiger partial charge in [-0.1, -0.05) is 12.1 Å². The largest absolute Gasteiger partial charge is 0.399 e. The van der Waals surface area contributed by atoms with Crippen LogP contribution in [-0.4, -0.2) is 4.98 Å². The van der Waals surface area contributed by atoms with E-state index >= 15 is 0 Å². The molecular weight excluding hydrogens is 206 g/mol. The van der Waals surface area contributed by atoms with E-state index in [9.17, 15) is 0 Å². The van der Waals surface area contributed by atoms with Gasteiger partial charge in [-0.15, -0.1) is 11.3 Å². The standard InChI is InChI=1S/C11H13N3S/c1-7(12)11-14-10(6-15-11)8-3-2-4-9(13)5-8/h2-7H,12-13H2,1H3. The van der Waals surface area contributed by atoms with Gasteiger partial charge in [-0.25, -0.2) is 4.98 Å². The summed E-state index contributed by atoms with van der Waals surface area (Å²) in [6.07, 6.45) is 0. The van der Waals surface area contributed by atoms with E-state index < -0.39 is 0 Å². The van der Waals surface area contributed by atoms with Crippen molar-refractivity contribution in [3.05, 3.63) is 34.7 Å². The molecule has 1 atom stereocenters. The Bertz CT molecular complexity index is 462. The summed E-state index contributed by atoms with van der Waals surface area (Å²) in [5.74, 6) is 0. The fourth-order valence-electron chi connectivity index (χ4n) is 1.33. The van der Waals surface area contributed by atoms with Crippen LogP contribution in [0.4, 0.5) is 5.69 Å². The van der Waals surface area contributed by atoms with E-state index in [1.807, 2.05) is 36.6 Å². The smallest absolute Gasteiger partial charge is 0.110 e. The number of aromatic nitrogens is 1. The normalized spacial score (nSPS) is 12.7. The number of thiazole rings is 1. The molecule has 15 heavy (non-hydrogen) atoms. The first-order chi connectivity index (χ1) is 7.16. The highest BCUT2D eigenvalue weighted by Crippen LogP contribution is 2.25. The van der Waals surface area contributed by atoms with E-state index in [1.165, 1.54) is 0 Å². The average Bonchev–Trinajstić information content (AvgIpc) is 2.66. The monoisotopic (exact) mass is 219 g/mol. The molecule has 4 heteroatoms. The number of hydrogen-bond acceptors (Lipinski definition) is 4. The van der Waals surface area contributed by atoms with Crippen molar-refractivity contribution in [2.24, 2.45) is 5.73 Å². The molecule has 78 valence electrons. The fourth-order valence-corrected chi connectivity index (χ4v) is 2.11. The van der Waals surface area contributed by atoms with Gasteiger partial charge in [0.25, 0.3) is 0 Å². The molecule has 0 aliphatic heterocycles. The summed E-state index contributed by atoms with van der Waals surface area (Å²) in [5.41, 5.74) is 14.2. The van der Waals surface area contributed by atoms with Gasteiger partial charge in [0.1, 0.15) is 5.01 Å². The molecule has 1 unspecified atom stereocenters. The van der Waals surface area contributed by atoms with Crippen LogP contribution in [0.25, 0.3) is 11.3 Å². The summed E-state index contributed by atoms with van der Waals surface area (Å²) in [6, 6.07) is 7.69. The van der Waals surface area contributed by atoms with E-state index in [2.05, 4.69) is 4.98 Å². The van der Waals surface area contributed by atoms with Crippen molar-refractivity contribution < 1.29 is 0 Å². The first-order valence-corrected chi connectivity index (χ1v) is 5.61. The lowest BCUT2D eigenvalue weighted by Gasteiger charge is -1.99. The Balaban J connectivity index is 2.37. The van der Waals surface area contributed by atoms with E-state index in [4.69, 9.17) is 11.5 Å². The second-order valence-electron chi connectivity index (χ2n) is 3.49. The van der Waals surface area contributed by atoms with E-state index in [-0.39, 0.29) is 6.04 Å². The third-order valence-corrected chi connectivity index (χ3v) is 3.14. The number of nitrogens with two attached hydrogens (primary N) is 2. The maximum absolute atomic E-state index is 5.76. The maximum atomic E-state index is 5.76. The zero-order valence-electron chi connectivity index (χ0n) is 8.47. The first-order valence-electron chi connectivity index (χ1n) is 4.74. The summed E-state index contributed by atoms with van der Waals surface area (Å²) < 4.78 is 0. The van der Waals surface area contributed by atoms with Crippen molar-refractivity contribution >= 4 is 17.0 Å². The number of anilines is 1. The molecule has 0 aliphatic carbocycles. The summed E-state index contributed by atoms with van der Waals surface area (Å²) in [4.78, 5) is 4.46. The Morgan fingerprint density at radius 2 is 2.20 bits per heavy atom. The van der Waals surface area contributed by atoms with E-state index in [1.54, 1.807) is 11.3 Å². The van der Waals surface area contributed by atoms with Crippen LogP contribution in [0.3, 0.4) is 0 Å². The molecule has 0 aliphatic rings. The lowest BCUT2D eigenvalue weighted by atomic mass is 10.1. The van der Waals surface area contributed by atoms with Gasteiger partial charge in [0.05, 0.1) is 11.7 Å². The topological polar surface area (TPSA) is 64.9 Å². The zero-order chi connectivity index (χ0) is 10.8. The minimum atomic E-state index is -0.00944. The summed E-state index contributed by atoms with van der Waals surface area (Å²) in [5, 5.41) is 2.96. The third kappa shape index (κ3) is 2.16. The first kappa shape index (κ1) is 10.1. The molecule has 4 N–H and O–H groups in total. The highest BCUT2D eigenvalue weighted by atomic mass is 32.1. The molecule has 1 aromatic heterocycles. The molecular formula is C11H13N3S. The lowest BCUT2D eigenvalue weighted by Crippen LogP contribution is -2.03. The van der Waals surface area contributed by atoms with E-state index in [0.29, 0.717) is 0 Å². The Labute approximate surface area is 92.8 Å². The molecule has 0 fully saturated rings. The third-order valence-electron chi connectivity index (χ3n) is 2.09. The van der Waals surface area contributed by atoms with Crippen LogP contribution in [0.5, 0.6) is 0 Å². The molecule has 1 aromatic carbocycles. The molecule has 0 spiro atoms. The average molecular weight is 219 g/mol. The number of rotatable bonds is 2. The van der Waals surface area contributed by atoms with Crippen LogP contribution >= 0.6 is 11.3 Å². The highest BCUT2D eigenvalue weighted by molar-refractivity contribution is 7.10. The molecule has 0 radical (unpaired) electrons. The Morgan fingerprint density at radius 1 is 1.40 bits per heavy atom. The lowest BCUT2D eigenvalue weighted by molar-refractivity contribution is 0.808. The van der Waals surface area contributed by atoms with Crippen molar-refractivity contribution in [3.8, 4) is 11.3 Å². The van der Waals surface area contributed by atoms with Gasteiger partial charge in [-0.3, -0.25) is 0 Å². The second-order valence-corrected chi connectivity index (χ2v) is 4.37. The maximum Gasteiger partial charge on any atom is 0.110 e. The number of nitrogen functional groups attached to an aromatic ring is 1. The van der Waals surface area contributed by atoms with Gasteiger partial charge >= 0.3 is 0 Å². The summed E-state index contributed by atoms with van der Waals surface area (Å²) >= 11 is 1.58.